The number of nitrogens with two attached hydrogens (primary N) is 1. The van der Waals surface area contributed by atoms with E-state index in [1.807, 2.05) is 0 Å². The van der Waals surface area contributed by atoms with Gasteiger partial charge in [0.2, 0.25) is 5.95 Å². The smallest absolute Gasteiger partial charge is 0.212 e. The number of terminal acetylenes is 1. The fourth-order valence-electron chi connectivity index (χ4n) is 1.79. The second kappa shape index (κ2) is 11.6. The molecule has 0 bridgehead atoms. The highest BCUT2D eigenvalue weighted by molar-refractivity contribution is 4.90. The monoisotopic (exact) mass is 265 g/mol. The molecule has 0 aromatic carbocycles. The Morgan fingerprint density at radius 2 is 2.21 bits per heavy atom. The number of pyridine rings is 1. The first-order valence-electron chi connectivity index (χ1n) is 6.60. The number of aromatic nitrogens is 1. The van der Waals surface area contributed by atoms with E-state index < -0.39 is 5.95 Å². The van der Waals surface area contributed by atoms with Crippen molar-refractivity contribution in [3.05, 3.63) is 30.3 Å². The van der Waals surface area contributed by atoms with E-state index in [-0.39, 0.29) is 0 Å². The van der Waals surface area contributed by atoms with Crippen molar-refractivity contribution in [2.45, 2.75) is 32.2 Å². The van der Waals surface area contributed by atoms with Crippen LogP contribution in [0.4, 0.5) is 4.39 Å². The van der Waals surface area contributed by atoms with Crippen LogP contribution in [-0.2, 0) is 0 Å². The Hall–Kier alpha value is -1.44. The van der Waals surface area contributed by atoms with Crippen molar-refractivity contribution >= 4 is 0 Å². The Morgan fingerprint density at radius 3 is 2.58 bits per heavy atom. The summed E-state index contributed by atoms with van der Waals surface area (Å²) in [6, 6.07) is 5.03. The number of halogens is 1. The second-order valence-corrected chi connectivity index (χ2v) is 4.36. The van der Waals surface area contributed by atoms with Gasteiger partial charge in [0.15, 0.2) is 0 Å². The van der Waals surface area contributed by atoms with Crippen molar-refractivity contribution in [2.75, 3.05) is 19.6 Å². The third kappa shape index (κ3) is 9.18. The zero-order chi connectivity index (χ0) is 14.5. The van der Waals surface area contributed by atoms with Gasteiger partial charge in [-0.05, 0) is 38.1 Å². The largest absolute Gasteiger partial charge is 0.326 e. The Balaban J connectivity index is 0.000000316. The summed E-state index contributed by atoms with van der Waals surface area (Å²) in [4.78, 5) is 5.78. The van der Waals surface area contributed by atoms with Crippen molar-refractivity contribution in [2.24, 2.45) is 5.73 Å². The van der Waals surface area contributed by atoms with E-state index in [2.05, 4.69) is 29.7 Å². The molecule has 4 heteroatoms. The summed E-state index contributed by atoms with van der Waals surface area (Å²) in [5.41, 5.74) is 5.76. The third-order valence-corrected chi connectivity index (χ3v) is 2.77. The lowest BCUT2D eigenvalue weighted by molar-refractivity contribution is 0.328. The second-order valence-electron chi connectivity index (χ2n) is 4.36. The van der Waals surface area contributed by atoms with Crippen LogP contribution in [0, 0.1) is 18.8 Å². The molecule has 0 unspecified atom stereocenters. The van der Waals surface area contributed by atoms with Gasteiger partial charge in [-0.15, -0.1) is 12.8 Å². The van der Waals surface area contributed by atoms with Gasteiger partial charge >= 0.3 is 0 Å². The minimum absolute atomic E-state index is 0.428. The van der Waals surface area contributed by atoms with E-state index >= 15 is 0 Å². The van der Waals surface area contributed by atoms with E-state index in [0.717, 1.165) is 6.54 Å². The molecule has 0 radical (unpaired) electrons. The molecule has 1 aromatic rings. The van der Waals surface area contributed by atoms with Gasteiger partial charge in [0.25, 0.3) is 0 Å². The summed E-state index contributed by atoms with van der Waals surface area (Å²) in [5.74, 6) is -0.428. The molecule has 1 atom stereocenters. The Kier molecular flexibility index (Phi) is 10.8. The van der Waals surface area contributed by atoms with E-state index in [4.69, 9.17) is 5.73 Å². The quantitative estimate of drug-likeness (QED) is 0.673. The molecule has 0 aliphatic carbocycles. The fourth-order valence-corrected chi connectivity index (χ4v) is 1.79. The summed E-state index contributed by atoms with van der Waals surface area (Å²) in [6.07, 6.45) is 13.2. The number of hydrogen-bond acceptors (Lipinski definition) is 3. The van der Waals surface area contributed by atoms with Gasteiger partial charge in [-0.3, -0.25) is 0 Å². The zero-order valence-corrected chi connectivity index (χ0v) is 11.6. The topological polar surface area (TPSA) is 42.1 Å². The van der Waals surface area contributed by atoms with E-state index in [1.165, 1.54) is 44.6 Å². The van der Waals surface area contributed by atoms with Crippen LogP contribution < -0.4 is 5.73 Å². The van der Waals surface area contributed by atoms with Crippen molar-refractivity contribution in [1.29, 1.82) is 0 Å². The molecule has 1 saturated heterocycles. The van der Waals surface area contributed by atoms with Crippen molar-refractivity contribution in [3.8, 4) is 12.8 Å². The molecule has 1 fully saturated rings. The maximum absolute atomic E-state index is 11.8. The number of hydrogen-bond donors (Lipinski definition) is 1. The van der Waals surface area contributed by atoms with Gasteiger partial charge < -0.3 is 10.6 Å². The average Bonchev–Trinajstić information content (AvgIpc) is 2.86. The molecular formula is C15H24FN3. The van der Waals surface area contributed by atoms with Crippen LogP contribution in [-0.4, -0.2) is 35.6 Å². The van der Waals surface area contributed by atoms with Crippen LogP contribution in [0.15, 0.2) is 24.4 Å². The summed E-state index contributed by atoms with van der Waals surface area (Å²) in [5, 5.41) is 0. The standard InChI is InChI=1S/C8H18N2.C5H4FN.C2H2/c1-2-3-5-10-6-4-8(9)7-10;6-5-3-1-2-4-7-5;1-2/h8H,2-7,9H2,1H3;1-4H;1-2H/t8-;;/m0../s1. The molecule has 1 aromatic heterocycles. The molecule has 2 rings (SSSR count). The number of nitrogens with zero attached hydrogens (tertiary/aromatic N) is 2. The molecule has 0 amide bonds. The normalized spacial score (nSPS) is 17.8. The maximum Gasteiger partial charge on any atom is 0.212 e. The highest BCUT2D eigenvalue weighted by Gasteiger charge is 2.17. The van der Waals surface area contributed by atoms with Crippen LogP contribution in [0.1, 0.15) is 26.2 Å². The van der Waals surface area contributed by atoms with Gasteiger partial charge in [0.1, 0.15) is 0 Å². The van der Waals surface area contributed by atoms with Gasteiger partial charge in [0, 0.05) is 18.8 Å². The molecule has 0 spiro atoms. The first kappa shape index (κ1) is 17.6. The first-order chi connectivity index (χ1) is 9.22. The predicted molar refractivity (Wildman–Crippen MR) is 78.0 cm³/mol. The lowest BCUT2D eigenvalue weighted by Crippen LogP contribution is -2.27. The predicted octanol–water partition coefficient (Wildman–Crippen LogP) is 2.29. The molecule has 3 nitrogen and oxygen atoms in total. The minimum Gasteiger partial charge on any atom is -0.326 e. The summed E-state index contributed by atoms with van der Waals surface area (Å²) >= 11 is 0. The molecular weight excluding hydrogens is 241 g/mol. The van der Waals surface area contributed by atoms with Gasteiger partial charge in [-0.2, -0.15) is 4.39 Å². The van der Waals surface area contributed by atoms with E-state index in [9.17, 15) is 4.39 Å². The van der Waals surface area contributed by atoms with Gasteiger partial charge in [-0.1, -0.05) is 19.4 Å². The molecule has 0 saturated carbocycles. The summed E-state index contributed by atoms with van der Waals surface area (Å²) < 4.78 is 11.8. The Bertz CT molecular complexity index is 327. The van der Waals surface area contributed by atoms with Crippen molar-refractivity contribution in [3.63, 3.8) is 0 Å². The number of unbranched alkanes of at least 4 members (excludes halogenated alkanes) is 1. The van der Waals surface area contributed by atoms with Crippen molar-refractivity contribution in [1.82, 2.24) is 9.88 Å². The Labute approximate surface area is 116 Å². The summed E-state index contributed by atoms with van der Waals surface area (Å²) in [6.45, 7) is 5.83. The lowest BCUT2D eigenvalue weighted by Gasteiger charge is -2.13. The van der Waals surface area contributed by atoms with E-state index in [1.54, 1.807) is 12.1 Å². The van der Waals surface area contributed by atoms with Crippen molar-refractivity contribution < 1.29 is 4.39 Å². The van der Waals surface area contributed by atoms with Crippen LogP contribution in [0.25, 0.3) is 0 Å². The van der Waals surface area contributed by atoms with Gasteiger partial charge in [0.05, 0.1) is 0 Å². The highest BCUT2D eigenvalue weighted by atomic mass is 19.1. The Morgan fingerprint density at radius 1 is 1.47 bits per heavy atom. The molecule has 19 heavy (non-hydrogen) atoms. The van der Waals surface area contributed by atoms with Crippen LogP contribution in [0.2, 0.25) is 0 Å². The van der Waals surface area contributed by atoms with Gasteiger partial charge in [-0.25, -0.2) is 4.98 Å². The lowest BCUT2D eigenvalue weighted by atomic mass is 10.3. The van der Waals surface area contributed by atoms with Crippen LogP contribution in [0.5, 0.6) is 0 Å². The minimum atomic E-state index is -0.428. The SMILES string of the molecule is C#C.CCCCN1CC[C@H](N)C1.Fc1ccccn1. The number of rotatable bonds is 3. The molecule has 1 aliphatic heterocycles. The zero-order valence-electron chi connectivity index (χ0n) is 11.6. The van der Waals surface area contributed by atoms with Crippen LogP contribution in [0.3, 0.4) is 0 Å². The average molecular weight is 265 g/mol. The first-order valence-corrected chi connectivity index (χ1v) is 6.60. The molecule has 2 N–H and O–H groups in total. The number of likely N-dealkylation sites (tertiary alicyclic amines) is 1. The third-order valence-electron chi connectivity index (χ3n) is 2.77. The highest BCUT2D eigenvalue weighted by Crippen LogP contribution is 2.07. The fraction of sp³-hybridized carbons (Fsp3) is 0.533. The summed E-state index contributed by atoms with van der Waals surface area (Å²) in [7, 11) is 0. The van der Waals surface area contributed by atoms with Crippen LogP contribution >= 0.6 is 0 Å². The van der Waals surface area contributed by atoms with E-state index in [0.29, 0.717) is 6.04 Å². The molecule has 1 aliphatic rings. The molecule has 106 valence electrons. The maximum atomic E-state index is 11.8. The molecule has 2 heterocycles.